The Morgan fingerprint density at radius 2 is 2.00 bits per heavy atom. The molecule has 1 aromatic heterocycles. The first-order valence-corrected chi connectivity index (χ1v) is 6.68. The van der Waals surface area contributed by atoms with Gasteiger partial charge in [-0.3, -0.25) is 0 Å². The zero-order chi connectivity index (χ0) is 14.8. The SMILES string of the molecule is O=S(=O)(Nc1nccnn1)c1ccc(F)c(CO)c1F. The maximum atomic E-state index is 13.9. The van der Waals surface area contributed by atoms with E-state index in [9.17, 15) is 17.2 Å². The number of sulfonamides is 1. The average molecular weight is 302 g/mol. The molecule has 1 aromatic carbocycles. The first kappa shape index (κ1) is 14.2. The molecule has 0 unspecified atom stereocenters. The molecule has 0 aliphatic carbocycles. The molecule has 0 amide bonds. The van der Waals surface area contributed by atoms with E-state index in [2.05, 4.69) is 15.2 Å². The molecular weight excluding hydrogens is 294 g/mol. The standard InChI is InChI=1S/C10H8F2N4O3S/c11-7-1-2-8(9(12)6(7)5-17)20(18,19)16-10-13-3-4-14-15-10/h1-4,17H,5H2,(H,13,15,16). The topological polar surface area (TPSA) is 105 Å². The van der Waals surface area contributed by atoms with Crippen LogP contribution < -0.4 is 4.72 Å². The summed E-state index contributed by atoms with van der Waals surface area (Å²) in [5.74, 6) is -2.77. The summed E-state index contributed by atoms with van der Waals surface area (Å²) in [5.41, 5.74) is -0.736. The maximum absolute atomic E-state index is 13.9. The van der Waals surface area contributed by atoms with Crippen molar-refractivity contribution in [3.63, 3.8) is 0 Å². The van der Waals surface area contributed by atoms with Crippen LogP contribution in [0, 0.1) is 11.6 Å². The van der Waals surface area contributed by atoms with Gasteiger partial charge in [0, 0.05) is 0 Å². The van der Waals surface area contributed by atoms with E-state index in [0.29, 0.717) is 0 Å². The first-order valence-electron chi connectivity index (χ1n) is 5.20. The third kappa shape index (κ3) is 2.70. The molecule has 0 atom stereocenters. The Labute approximate surface area is 112 Å². The minimum atomic E-state index is -4.36. The molecule has 7 nitrogen and oxygen atoms in total. The normalized spacial score (nSPS) is 11.3. The number of nitrogens with one attached hydrogen (secondary N) is 1. The van der Waals surface area contributed by atoms with E-state index in [1.165, 1.54) is 12.4 Å². The predicted octanol–water partition coefficient (Wildman–Crippen LogP) is 0.443. The second-order valence-electron chi connectivity index (χ2n) is 3.57. The number of anilines is 1. The fourth-order valence-corrected chi connectivity index (χ4v) is 2.45. The molecule has 10 heteroatoms. The van der Waals surface area contributed by atoms with Crippen LogP contribution in [0.15, 0.2) is 29.4 Å². The summed E-state index contributed by atoms with van der Waals surface area (Å²) in [6.07, 6.45) is 2.41. The van der Waals surface area contributed by atoms with Crippen LogP contribution in [0.5, 0.6) is 0 Å². The molecule has 2 rings (SSSR count). The van der Waals surface area contributed by atoms with Gasteiger partial charge in [0.15, 0.2) is 5.82 Å². The number of aliphatic hydroxyl groups excluding tert-OH is 1. The third-order valence-corrected chi connectivity index (χ3v) is 3.65. The molecule has 1 heterocycles. The van der Waals surface area contributed by atoms with Gasteiger partial charge in [0.25, 0.3) is 16.0 Å². The van der Waals surface area contributed by atoms with Gasteiger partial charge in [-0.2, -0.15) is 5.10 Å². The number of hydrogen-bond acceptors (Lipinski definition) is 6. The summed E-state index contributed by atoms with van der Waals surface area (Å²) in [4.78, 5) is 2.75. The van der Waals surface area contributed by atoms with Gasteiger partial charge in [-0.1, -0.05) is 0 Å². The molecule has 20 heavy (non-hydrogen) atoms. The lowest BCUT2D eigenvalue weighted by molar-refractivity contribution is 0.267. The molecule has 106 valence electrons. The van der Waals surface area contributed by atoms with Crippen molar-refractivity contribution in [3.8, 4) is 0 Å². The highest BCUT2D eigenvalue weighted by molar-refractivity contribution is 7.92. The van der Waals surface area contributed by atoms with Crippen molar-refractivity contribution < 1.29 is 22.3 Å². The molecule has 0 fully saturated rings. The van der Waals surface area contributed by atoms with Crippen molar-refractivity contribution >= 4 is 16.0 Å². The van der Waals surface area contributed by atoms with Crippen LogP contribution in [-0.2, 0) is 16.6 Å². The Morgan fingerprint density at radius 3 is 2.60 bits per heavy atom. The summed E-state index contributed by atoms with van der Waals surface area (Å²) in [5, 5.41) is 15.6. The zero-order valence-electron chi connectivity index (χ0n) is 9.79. The maximum Gasteiger partial charge on any atom is 0.267 e. The minimum Gasteiger partial charge on any atom is -0.391 e. The van der Waals surface area contributed by atoms with E-state index < -0.39 is 38.7 Å². The minimum absolute atomic E-state index is 0.359. The monoisotopic (exact) mass is 302 g/mol. The number of rotatable bonds is 4. The molecule has 0 saturated heterocycles. The predicted molar refractivity (Wildman–Crippen MR) is 62.9 cm³/mol. The van der Waals surface area contributed by atoms with Crippen molar-refractivity contribution in [2.24, 2.45) is 0 Å². The first-order chi connectivity index (χ1) is 9.45. The third-order valence-electron chi connectivity index (χ3n) is 2.31. The number of aromatic nitrogens is 3. The van der Waals surface area contributed by atoms with Gasteiger partial charge < -0.3 is 5.11 Å². The second kappa shape index (κ2) is 5.43. The quantitative estimate of drug-likeness (QED) is 0.849. The van der Waals surface area contributed by atoms with Gasteiger partial charge in [-0.25, -0.2) is 26.9 Å². The lowest BCUT2D eigenvalue weighted by atomic mass is 10.2. The van der Waals surface area contributed by atoms with E-state index in [0.717, 1.165) is 12.1 Å². The number of aliphatic hydroxyl groups is 1. The summed E-state index contributed by atoms with van der Waals surface area (Å²) >= 11 is 0. The highest BCUT2D eigenvalue weighted by Gasteiger charge is 2.24. The number of hydrogen-bond donors (Lipinski definition) is 2. The van der Waals surface area contributed by atoms with Crippen LogP contribution in [-0.4, -0.2) is 28.7 Å². The summed E-state index contributed by atoms with van der Waals surface area (Å²) < 4.78 is 52.8. The Hall–Kier alpha value is -2.20. The highest BCUT2D eigenvalue weighted by atomic mass is 32.2. The number of benzene rings is 1. The van der Waals surface area contributed by atoms with E-state index in [1.54, 1.807) is 0 Å². The van der Waals surface area contributed by atoms with E-state index in [1.807, 2.05) is 4.72 Å². The van der Waals surface area contributed by atoms with Gasteiger partial charge in [0.2, 0.25) is 0 Å². The van der Waals surface area contributed by atoms with Crippen LogP contribution in [0.2, 0.25) is 0 Å². The molecule has 2 N–H and O–H groups in total. The molecule has 2 aromatic rings. The fourth-order valence-electron chi connectivity index (χ4n) is 1.40. The van der Waals surface area contributed by atoms with Gasteiger partial charge >= 0.3 is 0 Å². The van der Waals surface area contributed by atoms with E-state index >= 15 is 0 Å². The molecule has 0 saturated carbocycles. The van der Waals surface area contributed by atoms with E-state index in [4.69, 9.17) is 5.11 Å². The van der Waals surface area contributed by atoms with Crippen LogP contribution in [0.4, 0.5) is 14.7 Å². The van der Waals surface area contributed by atoms with Crippen molar-refractivity contribution in [2.45, 2.75) is 11.5 Å². The average Bonchev–Trinajstić information content (AvgIpc) is 2.39. The van der Waals surface area contributed by atoms with Gasteiger partial charge in [0.1, 0.15) is 10.7 Å². The van der Waals surface area contributed by atoms with Crippen LogP contribution in [0.25, 0.3) is 0 Å². The lowest BCUT2D eigenvalue weighted by Gasteiger charge is -2.09. The van der Waals surface area contributed by atoms with Crippen molar-refractivity contribution in [2.75, 3.05) is 4.72 Å². The summed E-state index contributed by atoms with van der Waals surface area (Å²) in [6, 6.07) is 1.48. The van der Waals surface area contributed by atoms with Crippen LogP contribution in [0.1, 0.15) is 5.56 Å². The number of halogens is 2. The van der Waals surface area contributed by atoms with Gasteiger partial charge in [-0.05, 0) is 12.1 Å². The molecule has 0 aliphatic rings. The molecule has 0 bridgehead atoms. The number of nitrogens with zero attached hydrogens (tertiary/aromatic N) is 3. The molecule has 0 spiro atoms. The molecular formula is C10H8F2N4O3S. The van der Waals surface area contributed by atoms with Gasteiger partial charge in [-0.15, -0.1) is 5.10 Å². The van der Waals surface area contributed by atoms with E-state index in [-0.39, 0.29) is 5.95 Å². The van der Waals surface area contributed by atoms with Crippen molar-refractivity contribution in [1.29, 1.82) is 0 Å². The van der Waals surface area contributed by atoms with Crippen molar-refractivity contribution in [3.05, 3.63) is 41.7 Å². The van der Waals surface area contributed by atoms with Crippen molar-refractivity contribution in [1.82, 2.24) is 15.2 Å². The Bertz CT molecular complexity index is 725. The Balaban J connectivity index is 2.45. The Morgan fingerprint density at radius 1 is 1.25 bits per heavy atom. The highest BCUT2D eigenvalue weighted by Crippen LogP contribution is 2.22. The molecule has 0 radical (unpaired) electrons. The second-order valence-corrected chi connectivity index (χ2v) is 5.22. The largest absolute Gasteiger partial charge is 0.391 e. The molecule has 0 aliphatic heterocycles. The lowest BCUT2D eigenvalue weighted by Crippen LogP contribution is -2.18. The van der Waals surface area contributed by atoms with Gasteiger partial charge in [0.05, 0.1) is 24.6 Å². The zero-order valence-corrected chi connectivity index (χ0v) is 10.6. The Kier molecular flexibility index (Phi) is 3.86. The summed E-state index contributed by atoms with van der Waals surface area (Å²) in [7, 11) is -4.36. The smallest absolute Gasteiger partial charge is 0.267 e. The van der Waals surface area contributed by atoms with Crippen LogP contribution >= 0.6 is 0 Å². The van der Waals surface area contributed by atoms with Crippen LogP contribution in [0.3, 0.4) is 0 Å². The fraction of sp³-hybridized carbons (Fsp3) is 0.100. The summed E-state index contributed by atoms with van der Waals surface area (Å²) in [6.45, 7) is -0.968.